The average Bonchev–Trinajstić information content (AvgIpc) is 3.04. The second kappa shape index (κ2) is 9.23. The highest BCUT2D eigenvalue weighted by molar-refractivity contribution is 8.18. The summed E-state index contributed by atoms with van der Waals surface area (Å²) in [5.41, 5.74) is 5.26. The molecule has 1 aliphatic rings. The first-order chi connectivity index (χ1) is 15.0. The van der Waals surface area contributed by atoms with Gasteiger partial charge in [-0.25, -0.2) is 0 Å². The number of amides is 2. The number of rotatable bonds is 6. The van der Waals surface area contributed by atoms with Gasteiger partial charge in [-0.1, -0.05) is 66.7 Å². The summed E-state index contributed by atoms with van der Waals surface area (Å²) in [7, 11) is 0. The lowest BCUT2D eigenvalue weighted by atomic mass is 10.0. The Kier molecular flexibility index (Phi) is 6.23. The number of ether oxygens (including phenoxy) is 1. The predicted molar refractivity (Wildman–Crippen MR) is 126 cm³/mol. The second-order valence-electron chi connectivity index (χ2n) is 7.44. The van der Waals surface area contributed by atoms with Crippen LogP contribution in [0.3, 0.4) is 0 Å². The molecule has 31 heavy (non-hydrogen) atoms. The molecular weight excluding hydrogens is 406 g/mol. The number of nitrogens with zero attached hydrogens (tertiary/aromatic N) is 1. The van der Waals surface area contributed by atoms with Gasteiger partial charge in [0.05, 0.1) is 11.4 Å². The van der Waals surface area contributed by atoms with Crippen LogP contribution in [-0.4, -0.2) is 29.2 Å². The lowest BCUT2D eigenvalue weighted by molar-refractivity contribution is -0.123. The van der Waals surface area contributed by atoms with Gasteiger partial charge in [0.15, 0.2) is 0 Å². The first kappa shape index (κ1) is 20.9. The molecule has 0 saturated carbocycles. The normalized spacial score (nSPS) is 15.0. The molecule has 3 aromatic carbocycles. The molecule has 0 radical (unpaired) electrons. The van der Waals surface area contributed by atoms with E-state index in [1.54, 1.807) is 6.08 Å². The Morgan fingerprint density at radius 3 is 2.35 bits per heavy atom. The zero-order valence-corrected chi connectivity index (χ0v) is 18.3. The van der Waals surface area contributed by atoms with Crippen LogP contribution in [0.2, 0.25) is 0 Å². The van der Waals surface area contributed by atoms with Gasteiger partial charge in [-0.2, -0.15) is 0 Å². The summed E-state index contributed by atoms with van der Waals surface area (Å²) in [6.45, 7) is 4.46. The number of benzene rings is 3. The molecule has 0 spiro atoms. The van der Waals surface area contributed by atoms with Crippen molar-refractivity contribution in [2.75, 3.05) is 13.2 Å². The summed E-state index contributed by atoms with van der Waals surface area (Å²) >= 11 is 0.972. The van der Waals surface area contributed by atoms with Crippen molar-refractivity contribution in [3.8, 4) is 16.9 Å². The third-order valence-corrected chi connectivity index (χ3v) is 6.01. The summed E-state index contributed by atoms with van der Waals surface area (Å²) in [5.74, 6) is 0.507. The number of carbonyl (C=O) groups excluding carboxylic acids is 2. The van der Waals surface area contributed by atoms with Gasteiger partial charge in [0.2, 0.25) is 0 Å². The first-order valence-electron chi connectivity index (χ1n) is 10.1. The van der Waals surface area contributed by atoms with E-state index in [1.807, 2.05) is 74.5 Å². The largest absolute Gasteiger partial charge is 0.491 e. The van der Waals surface area contributed by atoms with Gasteiger partial charge in [-0.15, -0.1) is 0 Å². The van der Waals surface area contributed by atoms with Crippen LogP contribution >= 0.6 is 11.8 Å². The fourth-order valence-corrected chi connectivity index (χ4v) is 4.22. The molecule has 5 heteroatoms. The zero-order chi connectivity index (χ0) is 21.8. The lowest BCUT2D eigenvalue weighted by Gasteiger charge is -2.14. The second-order valence-corrected chi connectivity index (χ2v) is 8.43. The van der Waals surface area contributed by atoms with E-state index >= 15 is 0 Å². The summed E-state index contributed by atoms with van der Waals surface area (Å²) in [5, 5.41) is -0.262. The Morgan fingerprint density at radius 1 is 0.903 bits per heavy atom. The van der Waals surface area contributed by atoms with Crippen LogP contribution in [0.4, 0.5) is 4.79 Å². The van der Waals surface area contributed by atoms with E-state index in [9.17, 15) is 9.59 Å². The summed E-state index contributed by atoms with van der Waals surface area (Å²) in [6.07, 6.45) is 1.77. The van der Waals surface area contributed by atoms with Gasteiger partial charge < -0.3 is 4.74 Å². The molecule has 2 amide bonds. The maximum atomic E-state index is 12.7. The Bertz CT molecular complexity index is 1140. The highest BCUT2D eigenvalue weighted by Gasteiger charge is 2.34. The molecule has 0 aromatic heterocycles. The van der Waals surface area contributed by atoms with Crippen LogP contribution < -0.4 is 4.74 Å². The quantitative estimate of drug-likeness (QED) is 0.445. The van der Waals surface area contributed by atoms with Crippen molar-refractivity contribution in [1.29, 1.82) is 0 Å². The number of hydrogen-bond donors (Lipinski definition) is 0. The lowest BCUT2D eigenvalue weighted by Crippen LogP contribution is -2.32. The number of imide groups is 1. The van der Waals surface area contributed by atoms with Crippen LogP contribution in [0.15, 0.2) is 77.7 Å². The molecule has 1 fully saturated rings. The first-order valence-corrected chi connectivity index (χ1v) is 10.9. The third-order valence-electron chi connectivity index (χ3n) is 5.11. The van der Waals surface area contributed by atoms with Gasteiger partial charge in [0.1, 0.15) is 12.4 Å². The van der Waals surface area contributed by atoms with E-state index in [-0.39, 0.29) is 24.3 Å². The Labute approximate surface area is 186 Å². The van der Waals surface area contributed by atoms with E-state index in [0.717, 1.165) is 45.3 Å². The molecule has 0 atom stereocenters. The van der Waals surface area contributed by atoms with E-state index < -0.39 is 0 Å². The number of aryl methyl sites for hydroxylation is 2. The molecular formula is C26H23NO3S. The summed E-state index contributed by atoms with van der Waals surface area (Å²) < 4.78 is 5.81. The molecule has 1 aliphatic heterocycles. The maximum absolute atomic E-state index is 12.7. The molecule has 4 nitrogen and oxygen atoms in total. The molecule has 0 unspecified atom stereocenters. The van der Waals surface area contributed by atoms with Gasteiger partial charge >= 0.3 is 0 Å². The van der Waals surface area contributed by atoms with E-state index in [1.165, 1.54) is 4.90 Å². The minimum atomic E-state index is -0.272. The number of carbonyl (C=O) groups is 2. The smallest absolute Gasteiger partial charge is 0.293 e. The molecule has 3 aromatic rings. The molecule has 0 N–H and O–H groups in total. The van der Waals surface area contributed by atoms with Gasteiger partial charge in [0.25, 0.3) is 11.1 Å². The molecule has 4 rings (SSSR count). The van der Waals surface area contributed by atoms with Crippen LogP contribution in [0.5, 0.6) is 5.75 Å². The fraction of sp³-hybridized carbons (Fsp3) is 0.154. The highest BCUT2D eigenvalue weighted by Crippen LogP contribution is 2.32. The SMILES string of the molecule is Cc1ccc(C)c(OCCN2C(=O)S/C(=C\c3ccc(-c4ccccc4)cc3)C2=O)c1. The van der Waals surface area contributed by atoms with Crippen LogP contribution in [-0.2, 0) is 4.79 Å². The minimum Gasteiger partial charge on any atom is -0.491 e. The van der Waals surface area contributed by atoms with E-state index in [4.69, 9.17) is 4.74 Å². The minimum absolute atomic E-state index is 0.225. The Hall–Kier alpha value is -3.31. The molecule has 156 valence electrons. The van der Waals surface area contributed by atoms with E-state index in [2.05, 4.69) is 12.1 Å². The fourth-order valence-electron chi connectivity index (χ4n) is 3.36. The standard InChI is InChI=1S/C26H23NO3S/c1-18-8-9-19(2)23(16-18)30-15-14-27-25(28)24(31-26(27)29)17-20-10-12-22(13-11-20)21-6-4-3-5-7-21/h3-13,16-17H,14-15H2,1-2H3/b24-17-. The van der Waals surface area contributed by atoms with Crippen molar-refractivity contribution in [1.82, 2.24) is 4.90 Å². The monoisotopic (exact) mass is 429 g/mol. The van der Waals surface area contributed by atoms with Gasteiger partial charge in [-0.3, -0.25) is 14.5 Å². The van der Waals surface area contributed by atoms with E-state index in [0.29, 0.717) is 4.91 Å². The number of thioether (sulfide) groups is 1. The predicted octanol–water partition coefficient (Wildman–Crippen LogP) is 6.09. The summed E-state index contributed by atoms with van der Waals surface area (Å²) in [6, 6.07) is 24.0. The third kappa shape index (κ3) is 4.89. The van der Waals surface area contributed by atoms with Gasteiger partial charge in [-0.05, 0) is 65.6 Å². The molecule has 0 aliphatic carbocycles. The highest BCUT2D eigenvalue weighted by atomic mass is 32.2. The topological polar surface area (TPSA) is 46.6 Å². The maximum Gasteiger partial charge on any atom is 0.293 e. The van der Waals surface area contributed by atoms with Crippen molar-refractivity contribution in [3.05, 3.63) is 94.4 Å². The van der Waals surface area contributed by atoms with Crippen molar-refractivity contribution < 1.29 is 14.3 Å². The van der Waals surface area contributed by atoms with Crippen molar-refractivity contribution >= 4 is 29.0 Å². The van der Waals surface area contributed by atoms with Crippen molar-refractivity contribution in [2.24, 2.45) is 0 Å². The summed E-state index contributed by atoms with van der Waals surface area (Å²) in [4.78, 5) is 26.8. The van der Waals surface area contributed by atoms with Crippen molar-refractivity contribution in [2.45, 2.75) is 13.8 Å². The van der Waals surface area contributed by atoms with Crippen LogP contribution in [0.25, 0.3) is 17.2 Å². The molecule has 1 heterocycles. The molecule has 0 bridgehead atoms. The zero-order valence-electron chi connectivity index (χ0n) is 17.5. The average molecular weight is 430 g/mol. The Morgan fingerprint density at radius 2 is 1.61 bits per heavy atom. The van der Waals surface area contributed by atoms with Gasteiger partial charge in [0, 0.05) is 0 Å². The van der Waals surface area contributed by atoms with Crippen molar-refractivity contribution in [3.63, 3.8) is 0 Å². The molecule has 1 saturated heterocycles. The van der Waals surface area contributed by atoms with Crippen LogP contribution in [0, 0.1) is 13.8 Å². The number of hydrogen-bond acceptors (Lipinski definition) is 4. The Balaban J connectivity index is 1.40. The van der Waals surface area contributed by atoms with Crippen LogP contribution in [0.1, 0.15) is 16.7 Å².